The van der Waals surface area contributed by atoms with E-state index >= 15 is 0 Å². The maximum absolute atomic E-state index is 1.62. The van der Waals surface area contributed by atoms with Gasteiger partial charge >= 0.3 is 0 Å². The van der Waals surface area contributed by atoms with E-state index in [-0.39, 0.29) is 0 Å². The third kappa shape index (κ3) is 1.43. The second-order valence-electron chi connectivity index (χ2n) is 5.73. The quantitative estimate of drug-likeness (QED) is 0.526. The van der Waals surface area contributed by atoms with Crippen LogP contribution in [-0.4, -0.2) is 0 Å². The molecule has 0 nitrogen and oxygen atoms in total. The minimum atomic E-state index is 1.16. The summed E-state index contributed by atoms with van der Waals surface area (Å²) in [5.41, 5.74) is 0. The second kappa shape index (κ2) is 3.29. The van der Waals surface area contributed by atoms with E-state index in [1.165, 1.54) is 0 Å². The van der Waals surface area contributed by atoms with E-state index in [0.29, 0.717) is 0 Å². The largest absolute Gasteiger partial charge is 0.0530 e. The van der Waals surface area contributed by atoms with E-state index in [2.05, 4.69) is 0 Å². The molecule has 0 saturated heterocycles. The van der Waals surface area contributed by atoms with Gasteiger partial charge in [0.15, 0.2) is 0 Å². The summed E-state index contributed by atoms with van der Waals surface area (Å²) in [5.74, 6) is 4.63. The standard InChI is InChI=1S/C13H22/c1-2-5-11-8-10(4-1)12-6-3-7-13(11)9-12/h10-13H,1-9H2. The fourth-order valence-corrected chi connectivity index (χ4v) is 4.42. The van der Waals surface area contributed by atoms with Crippen LogP contribution in [0.15, 0.2) is 0 Å². The minimum Gasteiger partial charge on any atom is -0.0530 e. The van der Waals surface area contributed by atoms with Crippen LogP contribution < -0.4 is 0 Å². The van der Waals surface area contributed by atoms with Gasteiger partial charge in [0.1, 0.15) is 0 Å². The molecular formula is C13H22. The molecule has 0 radical (unpaired) electrons. The zero-order valence-electron chi connectivity index (χ0n) is 8.67. The van der Waals surface area contributed by atoms with Crippen molar-refractivity contribution in [2.45, 2.75) is 57.8 Å². The molecule has 13 heavy (non-hydrogen) atoms. The lowest BCUT2D eigenvalue weighted by Crippen LogP contribution is -2.33. The molecule has 0 spiro atoms. The Bertz CT molecular complexity index is 166. The first kappa shape index (κ1) is 8.32. The van der Waals surface area contributed by atoms with Gasteiger partial charge in [-0.1, -0.05) is 44.9 Å². The number of hydrogen-bond acceptors (Lipinski definition) is 0. The van der Waals surface area contributed by atoms with Crippen LogP contribution in [0.25, 0.3) is 0 Å². The fraction of sp³-hybridized carbons (Fsp3) is 1.00. The predicted molar refractivity (Wildman–Crippen MR) is 55.5 cm³/mol. The molecule has 0 heteroatoms. The Kier molecular flexibility index (Phi) is 2.11. The molecule has 0 amide bonds. The summed E-state index contributed by atoms with van der Waals surface area (Å²) >= 11 is 0. The molecule has 0 aromatic heterocycles. The van der Waals surface area contributed by atoms with E-state index < -0.39 is 0 Å². The highest BCUT2D eigenvalue weighted by Crippen LogP contribution is 2.50. The van der Waals surface area contributed by atoms with Crippen molar-refractivity contribution in [3.05, 3.63) is 0 Å². The summed E-state index contributed by atoms with van der Waals surface area (Å²) in [6.45, 7) is 0. The SMILES string of the molecule is C1CCC2CC(C1)C1CCCC2C1. The minimum absolute atomic E-state index is 1.16. The molecule has 4 unspecified atom stereocenters. The molecule has 74 valence electrons. The average Bonchev–Trinajstić information content (AvgIpc) is 2.40. The van der Waals surface area contributed by atoms with Crippen LogP contribution in [0, 0.1) is 23.7 Å². The molecule has 4 atom stereocenters. The Morgan fingerprint density at radius 2 is 0.846 bits per heavy atom. The molecule has 3 saturated carbocycles. The van der Waals surface area contributed by atoms with Crippen LogP contribution >= 0.6 is 0 Å². The van der Waals surface area contributed by atoms with Gasteiger partial charge in [0, 0.05) is 0 Å². The van der Waals surface area contributed by atoms with Gasteiger partial charge in [-0.25, -0.2) is 0 Å². The highest BCUT2D eigenvalue weighted by molar-refractivity contribution is 4.90. The van der Waals surface area contributed by atoms with Crippen molar-refractivity contribution >= 4 is 0 Å². The number of rotatable bonds is 0. The Hall–Kier alpha value is 0. The van der Waals surface area contributed by atoms with Gasteiger partial charge in [0.25, 0.3) is 0 Å². The molecule has 3 aliphatic rings. The Morgan fingerprint density at radius 3 is 1.31 bits per heavy atom. The van der Waals surface area contributed by atoms with Crippen LogP contribution in [0.3, 0.4) is 0 Å². The van der Waals surface area contributed by atoms with E-state index in [0.717, 1.165) is 23.7 Å². The molecule has 3 fully saturated rings. The van der Waals surface area contributed by atoms with Gasteiger partial charge in [0.2, 0.25) is 0 Å². The number of fused-ring (bicyclic) bond motifs is 6. The molecule has 0 aliphatic heterocycles. The molecule has 0 heterocycles. The van der Waals surface area contributed by atoms with Gasteiger partial charge in [-0.05, 0) is 36.5 Å². The molecule has 3 aliphatic carbocycles. The van der Waals surface area contributed by atoms with Crippen molar-refractivity contribution in [2.24, 2.45) is 23.7 Å². The Labute approximate surface area is 82.1 Å². The first-order valence-electron chi connectivity index (χ1n) is 6.43. The Balaban J connectivity index is 1.81. The van der Waals surface area contributed by atoms with Crippen LogP contribution in [0.1, 0.15) is 57.8 Å². The third-order valence-electron chi connectivity index (χ3n) is 5.09. The van der Waals surface area contributed by atoms with Gasteiger partial charge in [-0.2, -0.15) is 0 Å². The van der Waals surface area contributed by atoms with Crippen LogP contribution in [0.2, 0.25) is 0 Å². The monoisotopic (exact) mass is 178 g/mol. The van der Waals surface area contributed by atoms with Gasteiger partial charge < -0.3 is 0 Å². The summed E-state index contributed by atoms with van der Waals surface area (Å²) in [7, 11) is 0. The highest BCUT2D eigenvalue weighted by atomic mass is 14.4. The zero-order valence-corrected chi connectivity index (χ0v) is 8.67. The van der Waals surface area contributed by atoms with Gasteiger partial charge in [-0.15, -0.1) is 0 Å². The van der Waals surface area contributed by atoms with E-state index in [1.807, 2.05) is 0 Å². The van der Waals surface area contributed by atoms with E-state index in [4.69, 9.17) is 0 Å². The molecule has 0 aromatic carbocycles. The van der Waals surface area contributed by atoms with Gasteiger partial charge in [-0.3, -0.25) is 0 Å². The maximum Gasteiger partial charge on any atom is -0.0383 e. The third-order valence-corrected chi connectivity index (χ3v) is 5.09. The maximum atomic E-state index is 1.62. The number of hydrogen-bond donors (Lipinski definition) is 0. The van der Waals surface area contributed by atoms with Crippen molar-refractivity contribution in [1.29, 1.82) is 0 Å². The summed E-state index contributed by atoms with van der Waals surface area (Å²) in [5, 5.41) is 0. The van der Waals surface area contributed by atoms with E-state index in [1.54, 1.807) is 57.8 Å². The van der Waals surface area contributed by atoms with Gasteiger partial charge in [0.05, 0.1) is 0 Å². The summed E-state index contributed by atoms with van der Waals surface area (Å²) in [6.07, 6.45) is 14.2. The van der Waals surface area contributed by atoms with Crippen molar-refractivity contribution < 1.29 is 0 Å². The first-order valence-corrected chi connectivity index (χ1v) is 6.43. The lowest BCUT2D eigenvalue weighted by Gasteiger charge is -2.44. The summed E-state index contributed by atoms with van der Waals surface area (Å²) < 4.78 is 0. The highest BCUT2D eigenvalue weighted by Gasteiger charge is 2.39. The van der Waals surface area contributed by atoms with Crippen LogP contribution in [0.5, 0.6) is 0 Å². The van der Waals surface area contributed by atoms with Crippen molar-refractivity contribution in [2.75, 3.05) is 0 Å². The lowest BCUT2D eigenvalue weighted by atomic mass is 9.62. The molecule has 4 bridgehead atoms. The average molecular weight is 178 g/mol. The molecule has 0 aromatic rings. The van der Waals surface area contributed by atoms with Crippen molar-refractivity contribution in [3.63, 3.8) is 0 Å². The van der Waals surface area contributed by atoms with Crippen molar-refractivity contribution in [3.8, 4) is 0 Å². The predicted octanol–water partition coefficient (Wildman–Crippen LogP) is 4.00. The molecular weight excluding hydrogens is 156 g/mol. The molecule has 3 rings (SSSR count). The zero-order chi connectivity index (χ0) is 8.67. The second-order valence-corrected chi connectivity index (χ2v) is 5.73. The smallest absolute Gasteiger partial charge is 0.0383 e. The molecule has 0 N–H and O–H groups in total. The lowest BCUT2D eigenvalue weighted by molar-refractivity contribution is 0.0680. The van der Waals surface area contributed by atoms with E-state index in [9.17, 15) is 0 Å². The first-order chi connectivity index (χ1) is 6.43. The normalized spacial score (nSPS) is 49.8. The van der Waals surface area contributed by atoms with Crippen LogP contribution in [0.4, 0.5) is 0 Å². The Morgan fingerprint density at radius 1 is 0.462 bits per heavy atom. The fourth-order valence-electron chi connectivity index (χ4n) is 4.42. The topological polar surface area (TPSA) is 0 Å². The van der Waals surface area contributed by atoms with Crippen molar-refractivity contribution in [1.82, 2.24) is 0 Å². The van der Waals surface area contributed by atoms with Crippen LogP contribution in [-0.2, 0) is 0 Å². The summed E-state index contributed by atoms with van der Waals surface area (Å²) in [6, 6.07) is 0. The summed E-state index contributed by atoms with van der Waals surface area (Å²) in [4.78, 5) is 0.